The fourth-order valence-electron chi connectivity index (χ4n) is 6.83. The van der Waals surface area contributed by atoms with Crippen LogP contribution in [0.2, 0.25) is 0 Å². The highest BCUT2D eigenvalue weighted by Crippen LogP contribution is 2.60. The number of thiophene rings is 2. The summed E-state index contributed by atoms with van der Waals surface area (Å²) in [7, 11) is 0. The molecule has 0 aliphatic heterocycles. The molecule has 4 aromatic rings. The summed E-state index contributed by atoms with van der Waals surface area (Å²) in [4.78, 5) is 3.34. The summed E-state index contributed by atoms with van der Waals surface area (Å²) in [6.45, 7) is 14.1. The molecule has 3 aromatic heterocycles. The number of fused-ring (bicyclic) bond motifs is 4. The zero-order valence-corrected chi connectivity index (χ0v) is 28.5. The monoisotopic (exact) mass is 628 g/mol. The van der Waals surface area contributed by atoms with Crippen LogP contribution in [0, 0.1) is 35.3 Å². The standard InChI is InChI=1S/C35H46F2N2S3/c1-21(2)9-7-11-23(5)13-16-35(17-14-24(6)12-8-10-22(3)4)25-15-18-40-33(25)34-26(35)19-29(41-34)30-31(37)27(36)20-28-32(30)39-42-38-28/h15,18-24H,7-14,16-17H2,1-6H3. The SMILES string of the molecule is CC(C)CCCC(C)CCC1(CCC(C)CCCC(C)C)c2ccsc2-c2sc(-c3c(F)c(F)cc4nsnc34)cc21. The quantitative estimate of drug-likeness (QED) is 0.131. The van der Waals surface area contributed by atoms with E-state index in [1.54, 1.807) is 22.7 Å². The molecule has 2 unspecified atom stereocenters. The Kier molecular flexibility index (Phi) is 10.2. The summed E-state index contributed by atoms with van der Waals surface area (Å²) < 4.78 is 38.7. The molecule has 3 heterocycles. The van der Waals surface area contributed by atoms with Gasteiger partial charge < -0.3 is 0 Å². The smallest absolute Gasteiger partial charge is 0.169 e. The van der Waals surface area contributed by atoms with Crippen molar-refractivity contribution in [1.29, 1.82) is 0 Å². The molecule has 0 saturated carbocycles. The molecule has 7 heteroatoms. The van der Waals surface area contributed by atoms with Crippen molar-refractivity contribution >= 4 is 45.4 Å². The summed E-state index contributed by atoms with van der Waals surface area (Å²) in [5.74, 6) is 1.15. The first-order valence-electron chi connectivity index (χ1n) is 15.9. The number of hydrogen-bond acceptors (Lipinski definition) is 5. The Labute approximate surface area is 263 Å². The van der Waals surface area contributed by atoms with Crippen molar-refractivity contribution in [1.82, 2.24) is 8.75 Å². The largest absolute Gasteiger partial charge is 0.204 e. The topological polar surface area (TPSA) is 25.8 Å². The minimum atomic E-state index is -0.854. The van der Waals surface area contributed by atoms with Gasteiger partial charge in [-0.2, -0.15) is 8.75 Å². The van der Waals surface area contributed by atoms with E-state index in [9.17, 15) is 4.39 Å². The number of aromatic nitrogens is 2. The maximum Gasteiger partial charge on any atom is 0.169 e. The first-order valence-corrected chi connectivity index (χ1v) is 18.4. The van der Waals surface area contributed by atoms with Gasteiger partial charge in [-0.05, 0) is 78.0 Å². The lowest BCUT2D eigenvalue weighted by atomic mass is 9.69. The Morgan fingerprint density at radius 1 is 0.762 bits per heavy atom. The van der Waals surface area contributed by atoms with Gasteiger partial charge in [0.2, 0.25) is 0 Å². The van der Waals surface area contributed by atoms with Crippen molar-refractivity contribution in [3.8, 4) is 20.2 Å². The van der Waals surface area contributed by atoms with E-state index in [0.29, 0.717) is 22.9 Å². The molecular weight excluding hydrogens is 583 g/mol. The molecular formula is C35H46F2N2S3. The minimum absolute atomic E-state index is 0.0821. The molecule has 5 rings (SSSR count). The van der Waals surface area contributed by atoms with E-state index in [4.69, 9.17) is 0 Å². The van der Waals surface area contributed by atoms with Crippen LogP contribution in [0.25, 0.3) is 31.2 Å². The van der Waals surface area contributed by atoms with E-state index in [2.05, 4.69) is 67.8 Å². The molecule has 2 nitrogen and oxygen atoms in total. The number of halogens is 2. The first kappa shape index (κ1) is 31.7. The highest BCUT2D eigenvalue weighted by molar-refractivity contribution is 7.24. The van der Waals surface area contributed by atoms with Gasteiger partial charge in [0.1, 0.15) is 11.0 Å². The molecule has 0 fully saturated rings. The van der Waals surface area contributed by atoms with Gasteiger partial charge in [0.25, 0.3) is 0 Å². The van der Waals surface area contributed by atoms with Crippen molar-refractivity contribution < 1.29 is 8.78 Å². The molecule has 0 radical (unpaired) electrons. The number of benzene rings is 1. The van der Waals surface area contributed by atoms with Crippen molar-refractivity contribution in [2.24, 2.45) is 23.7 Å². The maximum absolute atomic E-state index is 15.4. The molecule has 0 saturated heterocycles. The average molecular weight is 629 g/mol. The van der Waals surface area contributed by atoms with E-state index in [1.807, 2.05) is 0 Å². The molecule has 0 amide bonds. The van der Waals surface area contributed by atoms with Gasteiger partial charge in [-0.25, -0.2) is 8.78 Å². The lowest BCUT2D eigenvalue weighted by Gasteiger charge is -2.33. The fourth-order valence-corrected chi connectivity index (χ4v) is 9.83. The van der Waals surface area contributed by atoms with Crippen LogP contribution in [-0.2, 0) is 5.41 Å². The van der Waals surface area contributed by atoms with Gasteiger partial charge >= 0.3 is 0 Å². The summed E-state index contributed by atoms with van der Waals surface area (Å²) in [5.41, 5.74) is 3.87. The second-order valence-corrected chi connectivity index (χ2v) is 16.2. The Morgan fingerprint density at radius 2 is 1.40 bits per heavy atom. The lowest BCUT2D eigenvalue weighted by molar-refractivity contribution is 0.328. The predicted octanol–water partition coefficient (Wildman–Crippen LogP) is 12.5. The molecule has 0 N–H and O–H groups in total. The maximum atomic E-state index is 15.4. The molecule has 42 heavy (non-hydrogen) atoms. The summed E-state index contributed by atoms with van der Waals surface area (Å²) in [6, 6.07) is 5.71. The Balaban J connectivity index is 1.50. The Hall–Kier alpha value is -1.70. The number of nitrogens with zero attached hydrogens (tertiary/aromatic N) is 2. The van der Waals surface area contributed by atoms with Crippen molar-refractivity contribution in [2.75, 3.05) is 0 Å². The van der Waals surface area contributed by atoms with Crippen LogP contribution in [0.3, 0.4) is 0 Å². The summed E-state index contributed by atoms with van der Waals surface area (Å²) in [6.07, 6.45) is 12.2. The highest BCUT2D eigenvalue weighted by Gasteiger charge is 2.45. The van der Waals surface area contributed by atoms with Crippen LogP contribution < -0.4 is 0 Å². The highest BCUT2D eigenvalue weighted by atomic mass is 32.1. The third kappa shape index (κ3) is 6.53. The van der Waals surface area contributed by atoms with Gasteiger partial charge in [0, 0.05) is 26.1 Å². The van der Waals surface area contributed by atoms with Crippen molar-refractivity contribution in [3.05, 3.63) is 46.3 Å². The van der Waals surface area contributed by atoms with Crippen LogP contribution >= 0.6 is 34.4 Å². The predicted molar refractivity (Wildman–Crippen MR) is 179 cm³/mol. The van der Waals surface area contributed by atoms with Crippen LogP contribution in [0.5, 0.6) is 0 Å². The van der Waals surface area contributed by atoms with Gasteiger partial charge in [-0.1, -0.05) is 80.1 Å². The second kappa shape index (κ2) is 13.5. The fraction of sp³-hybridized carbons (Fsp3) is 0.600. The summed E-state index contributed by atoms with van der Waals surface area (Å²) in [5, 5.41) is 2.23. The molecule has 0 spiro atoms. The van der Waals surface area contributed by atoms with Gasteiger partial charge in [0.05, 0.1) is 17.3 Å². The molecule has 1 aliphatic carbocycles. The zero-order valence-electron chi connectivity index (χ0n) is 26.1. The van der Waals surface area contributed by atoms with Crippen LogP contribution in [0.4, 0.5) is 8.78 Å². The van der Waals surface area contributed by atoms with Gasteiger partial charge in [-0.3, -0.25) is 0 Å². The third-order valence-electron chi connectivity index (χ3n) is 9.41. The second-order valence-electron chi connectivity index (χ2n) is 13.7. The van der Waals surface area contributed by atoms with E-state index < -0.39 is 11.6 Å². The normalized spacial score (nSPS) is 17.9. The Bertz CT molecular complexity index is 1460. The zero-order chi connectivity index (χ0) is 30.0. The molecule has 2 atom stereocenters. The van der Waals surface area contributed by atoms with Gasteiger partial charge in [-0.15, -0.1) is 22.7 Å². The van der Waals surface area contributed by atoms with Crippen LogP contribution in [-0.4, -0.2) is 8.75 Å². The first-order chi connectivity index (χ1) is 20.1. The molecule has 1 aromatic carbocycles. The van der Waals surface area contributed by atoms with Crippen LogP contribution in [0.15, 0.2) is 23.6 Å². The molecule has 228 valence electrons. The van der Waals surface area contributed by atoms with E-state index >= 15 is 4.39 Å². The number of rotatable bonds is 15. The lowest BCUT2D eigenvalue weighted by Crippen LogP contribution is -2.26. The molecule has 1 aliphatic rings. The molecule has 0 bridgehead atoms. The van der Waals surface area contributed by atoms with Crippen molar-refractivity contribution in [3.63, 3.8) is 0 Å². The minimum Gasteiger partial charge on any atom is -0.204 e. The van der Waals surface area contributed by atoms with Gasteiger partial charge in [0.15, 0.2) is 11.6 Å². The van der Waals surface area contributed by atoms with E-state index in [0.717, 1.165) is 41.3 Å². The van der Waals surface area contributed by atoms with Crippen molar-refractivity contribution in [2.45, 2.75) is 111 Å². The summed E-state index contributed by atoms with van der Waals surface area (Å²) >= 11 is 4.42. The Morgan fingerprint density at radius 3 is 2.02 bits per heavy atom. The van der Waals surface area contributed by atoms with E-state index in [1.165, 1.54) is 78.3 Å². The van der Waals surface area contributed by atoms with Crippen LogP contribution in [0.1, 0.15) is 117 Å². The third-order valence-corrected chi connectivity index (χ3v) is 12.2. The average Bonchev–Trinajstić information content (AvgIpc) is 3.71. The number of hydrogen-bond donors (Lipinski definition) is 0. The van der Waals surface area contributed by atoms with E-state index in [-0.39, 0.29) is 11.0 Å².